The highest BCUT2D eigenvalue weighted by Crippen LogP contribution is 2.36. The highest BCUT2D eigenvalue weighted by Gasteiger charge is 2.13. The lowest BCUT2D eigenvalue weighted by Crippen LogP contribution is -1.90. The smallest absolute Gasteiger partial charge is 0.190 e. The lowest BCUT2D eigenvalue weighted by atomic mass is 10.1. The van der Waals surface area contributed by atoms with Crippen LogP contribution in [0.2, 0.25) is 0 Å². The zero-order valence-electron chi connectivity index (χ0n) is 15.5. The second-order valence-corrected chi connectivity index (χ2v) is 8.32. The first-order valence-electron chi connectivity index (χ1n) is 8.41. The van der Waals surface area contributed by atoms with E-state index in [1.165, 1.54) is 0 Å². The zero-order chi connectivity index (χ0) is 19.0. The van der Waals surface area contributed by atoms with Crippen LogP contribution in [0.1, 0.15) is 10.4 Å². The number of fused-ring (bicyclic) bond motifs is 1. The summed E-state index contributed by atoms with van der Waals surface area (Å²) in [6.45, 7) is 4.12. The highest BCUT2D eigenvalue weighted by molar-refractivity contribution is 7.22. The van der Waals surface area contributed by atoms with Gasteiger partial charge in [0.05, 0.1) is 30.1 Å². The van der Waals surface area contributed by atoms with Crippen LogP contribution in [0.15, 0.2) is 36.4 Å². The number of nitrogens with zero attached hydrogens (tertiary/aromatic N) is 2. The first kappa shape index (κ1) is 17.8. The van der Waals surface area contributed by atoms with Crippen LogP contribution in [0.3, 0.4) is 0 Å². The number of hydrogen-bond donors (Lipinski definition) is 1. The number of methoxy groups -OCH3 is 2. The van der Waals surface area contributed by atoms with Crippen LogP contribution in [-0.4, -0.2) is 24.2 Å². The molecule has 0 atom stereocenters. The summed E-state index contributed by atoms with van der Waals surface area (Å²) in [5.41, 5.74) is 4.11. The second kappa shape index (κ2) is 7.17. The van der Waals surface area contributed by atoms with Crippen LogP contribution >= 0.6 is 22.7 Å². The Balaban J connectivity index is 1.62. The predicted molar refractivity (Wildman–Crippen MR) is 113 cm³/mol. The summed E-state index contributed by atoms with van der Waals surface area (Å²) >= 11 is 3.21. The van der Waals surface area contributed by atoms with E-state index in [0.29, 0.717) is 0 Å². The average Bonchev–Trinajstić information content (AvgIpc) is 3.23. The Morgan fingerprint density at radius 3 is 2.44 bits per heavy atom. The molecule has 0 aliphatic heterocycles. The van der Waals surface area contributed by atoms with Gasteiger partial charge in [0.25, 0.3) is 0 Å². The summed E-state index contributed by atoms with van der Waals surface area (Å²) < 4.78 is 11.7. The Morgan fingerprint density at radius 2 is 1.70 bits per heavy atom. The zero-order valence-corrected chi connectivity index (χ0v) is 17.1. The van der Waals surface area contributed by atoms with Crippen LogP contribution in [0, 0.1) is 13.8 Å². The van der Waals surface area contributed by atoms with Crippen molar-refractivity contribution in [2.24, 2.45) is 0 Å². The number of aromatic nitrogens is 2. The topological polar surface area (TPSA) is 56.3 Å². The Kier molecular flexibility index (Phi) is 4.72. The minimum absolute atomic E-state index is 0.824. The fourth-order valence-electron chi connectivity index (χ4n) is 2.92. The van der Waals surface area contributed by atoms with Gasteiger partial charge in [0.15, 0.2) is 10.3 Å². The van der Waals surface area contributed by atoms with Crippen molar-refractivity contribution >= 4 is 43.2 Å². The van der Waals surface area contributed by atoms with Gasteiger partial charge in [-0.25, -0.2) is 9.97 Å². The van der Waals surface area contributed by atoms with Gasteiger partial charge in [-0.3, -0.25) is 0 Å². The van der Waals surface area contributed by atoms with Crippen LogP contribution in [0.25, 0.3) is 21.5 Å². The summed E-state index contributed by atoms with van der Waals surface area (Å²) in [5.74, 6) is 1.72. The van der Waals surface area contributed by atoms with E-state index in [9.17, 15) is 0 Å². The average molecular weight is 398 g/mol. The van der Waals surface area contributed by atoms with E-state index in [1.807, 2.05) is 37.3 Å². The van der Waals surface area contributed by atoms with E-state index in [0.717, 1.165) is 53.7 Å². The molecule has 138 valence electrons. The van der Waals surface area contributed by atoms with Gasteiger partial charge in [-0.15, -0.1) is 11.3 Å². The molecule has 2 heterocycles. The number of ether oxygens (including phenoxy) is 2. The minimum atomic E-state index is 0.824. The Bertz CT molecular complexity index is 1120. The normalized spacial score (nSPS) is 11.0. The Morgan fingerprint density at radius 1 is 0.889 bits per heavy atom. The number of rotatable bonds is 5. The molecule has 0 radical (unpaired) electrons. The third kappa shape index (κ3) is 3.48. The number of thiazole rings is 2. The monoisotopic (exact) mass is 397 g/mol. The first-order valence-corrected chi connectivity index (χ1v) is 10.0. The van der Waals surface area contributed by atoms with Crippen molar-refractivity contribution in [1.82, 2.24) is 9.97 Å². The van der Waals surface area contributed by atoms with Crippen molar-refractivity contribution in [3.05, 3.63) is 46.8 Å². The second-order valence-electron chi connectivity index (χ2n) is 6.09. The molecule has 27 heavy (non-hydrogen) atoms. The molecule has 0 saturated carbocycles. The van der Waals surface area contributed by atoms with Crippen molar-refractivity contribution in [3.63, 3.8) is 0 Å². The first-order chi connectivity index (χ1) is 13.1. The van der Waals surface area contributed by atoms with Gasteiger partial charge < -0.3 is 14.8 Å². The number of hydrogen-bond acceptors (Lipinski definition) is 7. The van der Waals surface area contributed by atoms with E-state index >= 15 is 0 Å². The van der Waals surface area contributed by atoms with E-state index in [1.54, 1.807) is 36.9 Å². The summed E-state index contributed by atoms with van der Waals surface area (Å²) in [7, 11) is 3.35. The fraction of sp³-hybridized carbons (Fsp3) is 0.200. The van der Waals surface area contributed by atoms with Gasteiger partial charge in [0, 0.05) is 10.4 Å². The number of anilines is 2. The number of aryl methyl sites for hydroxylation is 2. The molecule has 0 bridgehead atoms. The Hall–Kier alpha value is -2.64. The van der Waals surface area contributed by atoms with Gasteiger partial charge in [0.2, 0.25) is 0 Å². The van der Waals surface area contributed by atoms with E-state index < -0.39 is 0 Å². The van der Waals surface area contributed by atoms with Crippen molar-refractivity contribution in [3.8, 4) is 22.8 Å². The van der Waals surface area contributed by atoms with E-state index in [-0.39, 0.29) is 0 Å². The fourth-order valence-corrected chi connectivity index (χ4v) is 4.71. The maximum absolute atomic E-state index is 5.35. The summed E-state index contributed by atoms with van der Waals surface area (Å²) in [6, 6.07) is 12.0. The molecule has 0 amide bonds. The van der Waals surface area contributed by atoms with Gasteiger partial charge in [-0.2, -0.15) is 0 Å². The van der Waals surface area contributed by atoms with Crippen LogP contribution in [-0.2, 0) is 0 Å². The molecule has 1 N–H and O–H groups in total. The van der Waals surface area contributed by atoms with E-state index in [2.05, 4.69) is 23.3 Å². The summed E-state index contributed by atoms with van der Waals surface area (Å²) in [5, 5.41) is 5.01. The molecule has 5 nitrogen and oxygen atoms in total. The van der Waals surface area contributed by atoms with Crippen molar-refractivity contribution in [2.45, 2.75) is 13.8 Å². The predicted octanol–water partition coefficient (Wildman–Crippen LogP) is 5.80. The molecule has 0 aliphatic rings. The molecule has 0 saturated heterocycles. The lowest BCUT2D eigenvalue weighted by molar-refractivity contribution is 0.412. The SMILES string of the molecule is COc1ccc2nc(Nc3nc(-c4ccc(OC)c(C)c4)c(C)s3)sc2c1. The summed E-state index contributed by atoms with van der Waals surface area (Å²) in [6.07, 6.45) is 0. The molecule has 0 fully saturated rings. The maximum Gasteiger partial charge on any atom is 0.190 e. The van der Waals surface area contributed by atoms with Gasteiger partial charge in [0.1, 0.15) is 11.5 Å². The maximum atomic E-state index is 5.35. The minimum Gasteiger partial charge on any atom is -0.497 e. The van der Waals surface area contributed by atoms with Crippen LogP contribution in [0.4, 0.5) is 10.3 Å². The molecule has 2 aromatic heterocycles. The Labute approximate surface area is 165 Å². The van der Waals surface area contributed by atoms with Crippen molar-refractivity contribution in [2.75, 3.05) is 19.5 Å². The quantitative estimate of drug-likeness (QED) is 0.461. The standard InChI is InChI=1S/C20H19N3O2S2/c1-11-9-13(5-8-16(11)25-4)18-12(2)26-20(22-18)23-19-21-15-7-6-14(24-3)10-17(15)27-19/h5-10H,1-4H3,(H,21,22,23). The number of benzene rings is 2. The van der Waals surface area contributed by atoms with Gasteiger partial charge in [-0.1, -0.05) is 11.3 Å². The molecule has 4 rings (SSSR count). The van der Waals surface area contributed by atoms with Gasteiger partial charge >= 0.3 is 0 Å². The van der Waals surface area contributed by atoms with Crippen molar-refractivity contribution < 1.29 is 9.47 Å². The largest absolute Gasteiger partial charge is 0.497 e. The highest BCUT2D eigenvalue weighted by atomic mass is 32.1. The molecular weight excluding hydrogens is 378 g/mol. The molecule has 0 spiro atoms. The lowest BCUT2D eigenvalue weighted by Gasteiger charge is -2.06. The third-order valence-corrected chi connectivity index (χ3v) is 6.09. The third-order valence-electron chi connectivity index (χ3n) is 4.27. The molecule has 4 aromatic rings. The molecule has 2 aromatic carbocycles. The molecule has 0 unspecified atom stereocenters. The van der Waals surface area contributed by atoms with Crippen LogP contribution in [0.5, 0.6) is 11.5 Å². The molecule has 7 heteroatoms. The molecular formula is C20H19N3O2S2. The van der Waals surface area contributed by atoms with Crippen molar-refractivity contribution in [1.29, 1.82) is 0 Å². The van der Waals surface area contributed by atoms with Gasteiger partial charge in [-0.05, 0) is 55.8 Å². The summed E-state index contributed by atoms with van der Waals surface area (Å²) in [4.78, 5) is 10.6. The van der Waals surface area contributed by atoms with E-state index in [4.69, 9.17) is 14.5 Å². The van der Waals surface area contributed by atoms with Crippen LogP contribution < -0.4 is 14.8 Å². The number of nitrogens with one attached hydrogen (secondary N) is 1. The molecule has 0 aliphatic carbocycles.